The Balaban J connectivity index is 3.04. The highest BCUT2D eigenvalue weighted by molar-refractivity contribution is 5.92. The standard InChI is InChI=1S/C8H11NO2/c1-5-4-11-7(6(5)2)8(10)9-3/h4H,1-3H3,(H,9,10). The normalized spacial score (nSPS) is 9.73. The van der Waals surface area contributed by atoms with Gasteiger partial charge < -0.3 is 9.73 Å². The minimum Gasteiger partial charge on any atom is -0.459 e. The highest BCUT2D eigenvalue weighted by Gasteiger charge is 2.12. The van der Waals surface area contributed by atoms with Gasteiger partial charge >= 0.3 is 0 Å². The molecule has 1 aromatic heterocycles. The number of carbonyl (C=O) groups excluding carboxylic acids is 1. The minimum absolute atomic E-state index is 0.171. The lowest BCUT2D eigenvalue weighted by atomic mass is 10.2. The van der Waals surface area contributed by atoms with E-state index in [2.05, 4.69) is 5.32 Å². The van der Waals surface area contributed by atoms with Gasteiger partial charge in [-0.3, -0.25) is 4.79 Å². The molecule has 1 amide bonds. The van der Waals surface area contributed by atoms with Crippen molar-refractivity contribution >= 4 is 5.91 Å². The molecule has 0 unspecified atom stereocenters. The fraction of sp³-hybridized carbons (Fsp3) is 0.375. The van der Waals surface area contributed by atoms with Crippen LogP contribution in [-0.4, -0.2) is 13.0 Å². The van der Waals surface area contributed by atoms with Crippen LogP contribution >= 0.6 is 0 Å². The molecule has 60 valence electrons. The molecule has 1 heterocycles. The van der Waals surface area contributed by atoms with Gasteiger partial charge in [0.15, 0.2) is 5.76 Å². The zero-order valence-electron chi connectivity index (χ0n) is 6.89. The number of aryl methyl sites for hydroxylation is 1. The summed E-state index contributed by atoms with van der Waals surface area (Å²) in [6.07, 6.45) is 1.58. The second-order valence-corrected chi connectivity index (χ2v) is 2.45. The van der Waals surface area contributed by atoms with Crippen LogP contribution in [0.1, 0.15) is 21.7 Å². The number of rotatable bonds is 1. The molecule has 0 aliphatic heterocycles. The maximum Gasteiger partial charge on any atom is 0.287 e. The zero-order valence-corrected chi connectivity index (χ0v) is 6.89. The van der Waals surface area contributed by atoms with Crippen molar-refractivity contribution in [3.05, 3.63) is 23.2 Å². The minimum atomic E-state index is -0.171. The molecule has 0 radical (unpaired) electrons. The van der Waals surface area contributed by atoms with E-state index in [4.69, 9.17) is 4.42 Å². The van der Waals surface area contributed by atoms with E-state index >= 15 is 0 Å². The summed E-state index contributed by atoms with van der Waals surface area (Å²) in [4.78, 5) is 11.0. The third kappa shape index (κ3) is 1.27. The molecule has 0 saturated heterocycles. The summed E-state index contributed by atoms with van der Waals surface area (Å²) in [7, 11) is 1.58. The fourth-order valence-electron chi connectivity index (χ4n) is 0.841. The highest BCUT2D eigenvalue weighted by Crippen LogP contribution is 2.14. The predicted octanol–water partition coefficient (Wildman–Crippen LogP) is 1.26. The van der Waals surface area contributed by atoms with Crippen molar-refractivity contribution in [2.24, 2.45) is 0 Å². The van der Waals surface area contributed by atoms with Crippen LogP contribution in [0, 0.1) is 13.8 Å². The molecule has 0 aromatic carbocycles. The van der Waals surface area contributed by atoms with E-state index in [1.807, 2.05) is 13.8 Å². The average Bonchev–Trinajstić information content (AvgIpc) is 2.32. The number of hydrogen-bond acceptors (Lipinski definition) is 2. The van der Waals surface area contributed by atoms with Crippen LogP contribution in [0.5, 0.6) is 0 Å². The third-order valence-electron chi connectivity index (χ3n) is 1.72. The molecule has 0 aliphatic rings. The molecule has 3 nitrogen and oxygen atoms in total. The Hall–Kier alpha value is -1.25. The summed E-state index contributed by atoms with van der Waals surface area (Å²) in [6.45, 7) is 3.77. The van der Waals surface area contributed by atoms with Crippen LogP contribution in [0.2, 0.25) is 0 Å². The Morgan fingerprint density at radius 2 is 2.18 bits per heavy atom. The smallest absolute Gasteiger partial charge is 0.287 e. The fourth-order valence-corrected chi connectivity index (χ4v) is 0.841. The molecule has 0 saturated carbocycles. The van der Waals surface area contributed by atoms with Gasteiger partial charge in [-0.05, 0) is 19.4 Å². The Bertz CT molecular complexity index is 276. The van der Waals surface area contributed by atoms with Gasteiger partial charge in [0.2, 0.25) is 0 Å². The maximum atomic E-state index is 11.0. The van der Waals surface area contributed by atoms with Crippen molar-refractivity contribution in [3.63, 3.8) is 0 Å². The number of carbonyl (C=O) groups is 1. The topological polar surface area (TPSA) is 42.2 Å². The summed E-state index contributed by atoms with van der Waals surface area (Å²) < 4.78 is 5.04. The third-order valence-corrected chi connectivity index (χ3v) is 1.72. The van der Waals surface area contributed by atoms with Crippen molar-refractivity contribution in [3.8, 4) is 0 Å². The Labute approximate surface area is 65.4 Å². The molecule has 0 fully saturated rings. The molecule has 1 rings (SSSR count). The molecule has 3 heteroatoms. The van der Waals surface area contributed by atoms with E-state index in [0.29, 0.717) is 5.76 Å². The summed E-state index contributed by atoms with van der Waals surface area (Å²) in [5.74, 6) is 0.237. The first-order valence-electron chi connectivity index (χ1n) is 3.43. The lowest BCUT2D eigenvalue weighted by molar-refractivity contribution is 0.0935. The van der Waals surface area contributed by atoms with Crippen molar-refractivity contribution in [1.29, 1.82) is 0 Å². The van der Waals surface area contributed by atoms with Gasteiger partial charge in [0, 0.05) is 12.6 Å². The summed E-state index contributed by atoms with van der Waals surface area (Å²) in [5, 5.41) is 2.50. The van der Waals surface area contributed by atoms with Crippen molar-refractivity contribution in [1.82, 2.24) is 5.32 Å². The van der Waals surface area contributed by atoms with Gasteiger partial charge in [-0.15, -0.1) is 0 Å². The quantitative estimate of drug-likeness (QED) is 0.659. The van der Waals surface area contributed by atoms with E-state index < -0.39 is 0 Å². The first kappa shape index (κ1) is 7.85. The van der Waals surface area contributed by atoms with Crippen molar-refractivity contribution in [2.45, 2.75) is 13.8 Å². The Morgan fingerprint density at radius 1 is 1.55 bits per heavy atom. The molecule has 1 N–H and O–H groups in total. The molecule has 1 aromatic rings. The van der Waals surface area contributed by atoms with E-state index in [0.717, 1.165) is 11.1 Å². The SMILES string of the molecule is CNC(=O)c1occ(C)c1C. The monoisotopic (exact) mass is 153 g/mol. The Morgan fingerprint density at radius 3 is 2.55 bits per heavy atom. The second-order valence-electron chi connectivity index (χ2n) is 2.45. The molecule has 11 heavy (non-hydrogen) atoms. The van der Waals surface area contributed by atoms with Gasteiger partial charge in [-0.1, -0.05) is 0 Å². The van der Waals surface area contributed by atoms with Crippen LogP contribution in [0.25, 0.3) is 0 Å². The number of furan rings is 1. The van der Waals surface area contributed by atoms with Gasteiger partial charge in [0.1, 0.15) is 0 Å². The predicted molar refractivity (Wildman–Crippen MR) is 41.6 cm³/mol. The van der Waals surface area contributed by atoms with Gasteiger partial charge in [0.25, 0.3) is 5.91 Å². The van der Waals surface area contributed by atoms with E-state index in [1.165, 1.54) is 0 Å². The Kier molecular flexibility index (Phi) is 1.98. The lowest BCUT2D eigenvalue weighted by Gasteiger charge is -1.94. The number of nitrogens with one attached hydrogen (secondary N) is 1. The zero-order chi connectivity index (χ0) is 8.43. The van der Waals surface area contributed by atoms with Crippen LogP contribution < -0.4 is 5.32 Å². The largest absolute Gasteiger partial charge is 0.459 e. The molecule has 0 spiro atoms. The van der Waals surface area contributed by atoms with E-state index in [9.17, 15) is 4.79 Å². The maximum absolute atomic E-state index is 11.0. The van der Waals surface area contributed by atoms with E-state index in [1.54, 1.807) is 13.3 Å². The first-order valence-corrected chi connectivity index (χ1v) is 3.43. The molecule has 0 bridgehead atoms. The van der Waals surface area contributed by atoms with Crippen molar-refractivity contribution < 1.29 is 9.21 Å². The van der Waals surface area contributed by atoms with Crippen molar-refractivity contribution in [2.75, 3.05) is 7.05 Å². The van der Waals surface area contributed by atoms with Gasteiger partial charge in [-0.25, -0.2) is 0 Å². The second kappa shape index (κ2) is 2.78. The van der Waals surface area contributed by atoms with Crippen LogP contribution in [0.15, 0.2) is 10.7 Å². The first-order chi connectivity index (χ1) is 5.16. The molecular formula is C8H11NO2. The van der Waals surface area contributed by atoms with Crippen LogP contribution in [0.4, 0.5) is 0 Å². The summed E-state index contributed by atoms with van der Waals surface area (Å²) in [6, 6.07) is 0. The average molecular weight is 153 g/mol. The van der Waals surface area contributed by atoms with Gasteiger partial charge in [0.05, 0.1) is 6.26 Å². The molecule has 0 atom stereocenters. The lowest BCUT2D eigenvalue weighted by Crippen LogP contribution is -2.17. The summed E-state index contributed by atoms with van der Waals surface area (Å²) >= 11 is 0. The van der Waals surface area contributed by atoms with E-state index in [-0.39, 0.29) is 5.91 Å². The highest BCUT2D eigenvalue weighted by atomic mass is 16.3. The van der Waals surface area contributed by atoms with Crippen LogP contribution in [0.3, 0.4) is 0 Å². The number of hydrogen-bond donors (Lipinski definition) is 1. The molecule has 0 aliphatic carbocycles. The van der Waals surface area contributed by atoms with Crippen LogP contribution in [-0.2, 0) is 0 Å². The number of amides is 1. The molecular weight excluding hydrogens is 142 g/mol. The van der Waals surface area contributed by atoms with Gasteiger partial charge in [-0.2, -0.15) is 0 Å². The summed E-state index contributed by atoms with van der Waals surface area (Å²) in [5.41, 5.74) is 1.91.